The van der Waals surface area contributed by atoms with Gasteiger partial charge in [-0.1, -0.05) is 6.07 Å². The van der Waals surface area contributed by atoms with Crippen LogP contribution in [0, 0.1) is 0 Å². The van der Waals surface area contributed by atoms with Gasteiger partial charge in [0.15, 0.2) is 11.5 Å². The van der Waals surface area contributed by atoms with Gasteiger partial charge in [-0.25, -0.2) is 0 Å². The molecule has 150 valence electrons. The van der Waals surface area contributed by atoms with E-state index in [-0.39, 0.29) is 17.6 Å². The van der Waals surface area contributed by atoms with E-state index in [1.54, 1.807) is 0 Å². The van der Waals surface area contributed by atoms with Crippen LogP contribution in [0.4, 0.5) is 0 Å². The molecule has 0 amide bonds. The van der Waals surface area contributed by atoms with Gasteiger partial charge >= 0.3 is 0 Å². The summed E-state index contributed by atoms with van der Waals surface area (Å²) in [6.07, 6.45) is 9.09. The van der Waals surface area contributed by atoms with E-state index >= 15 is 0 Å². The van der Waals surface area contributed by atoms with E-state index < -0.39 is 0 Å². The fourth-order valence-electron chi connectivity index (χ4n) is 5.55. The smallest absolute Gasteiger partial charge is 0.161 e. The minimum Gasteiger partial charge on any atom is -0.487 e. The Morgan fingerprint density at radius 1 is 1.11 bits per heavy atom. The topological polar surface area (TPSA) is 41.9 Å². The van der Waals surface area contributed by atoms with Crippen molar-refractivity contribution in [2.24, 2.45) is 0 Å². The number of rotatable bonds is 5. The monoisotopic (exact) mass is 373 g/mol. The van der Waals surface area contributed by atoms with Crippen LogP contribution in [0.3, 0.4) is 0 Å². The van der Waals surface area contributed by atoms with Crippen molar-refractivity contribution < 1.29 is 14.6 Å². The molecule has 4 heteroatoms. The van der Waals surface area contributed by atoms with Crippen LogP contribution >= 0.6 is 0 Å². The molecule has 1 aromatic carbocycles. The molecular formula is C23H35NO3. The summed E-state index contributed by atoms with van der Waals surface area (Å²) in [6, 6.07) is 7.05. The number of fused-ring (bicyclic) bond motifs is 1. The fourth-order valence-corrected chi connectivity index (χ4v) is 5.55. The van der Waals surface area contributed by atoms with Crippen LogP contribution in [-0.2, 0) is 5.41 Å². The van der Waals surface area contributed by atoms with Gasteiger partial charge in [0, 0.05) is 11.5 Å². The summed E-state index contributed by atoms with van der Waals surface area (Å²) in [6.45, 7) is 5.23. The molecule has 4 nitrogen and oxygen atoms in total. The molecule has 27 heavy (non-hydrogen) atoms. The molecule has 0 unspecified atom stereocenters. The maximum absolute atomic E-state index is 10.3. The van der Waals surface area contributed by atoms with Crippen LogP contribution in [0.1, 0.15) is 70.8 Å². The summed E-state index contributed by atoms with van der Waals surface area (Å²) >= 11 is 0. The average Bonchev–Trinajstić information content (AvgIpc) is 3.25. The van der Waals surface area contributed by atoms with E-state index in [9.17, 15) is 5.11 Å². The quantitative estimate of drug-likeness (QED) is 0.836. The second-order valence-corrected chi connectivity index (χ2v) is 9.18. The predicted molar refractivity (Wildman–Crippen MR) is 108 cm³/mol. The molecule has 1 aliphatic heterocycles. The van der Waals surface area contributed by atoms with Crippen LogP contribution in [0.15, 0.2) is 18.2 Å². The third-order valence-corrected chi connectivity index (χ3v) is 6.98. The highest BCUT2D eigenvalue weighted by atomic mass is 16.5. The molecule has 2 aliphatic carbocycles. The van der Waals surface area contributed by atoms with Gasteiger partial charge in [0.2, 0.25) is 0 Å². The van der Waals surface area contributed by atoms with Gasteiger partial charge in [-0.3, -0.25) is 0 Å². The van der Waals surface area contributed by atoms with Gasteiger partial charge in [-0.2, -0.15) is 0 Å². The Kier molecular flexibility index (Phi) is 5.39. The highest BCUT2D eigenvalue weighted by Gasteiger charge is 2.50. The van der Waals surface area contributed by atoms with E-state index in [1.165, 1.54) is 18.4 Å². The minimum absolute atomic E-state index is 0.134. The number of likely N-dealkylation sites (tertiary alicyclic amines) is 1. The summed E-state index contributed by atoms with van der Waals surface area (Å²) in [5.74, 6) is 1.79. The SMILES string of the molecule is CC(C)Oc1ccc([C@@]23CC[C@@H](O)C[C@@H]2N(C)CC3)cc1OC1CCCC1. The second-order valence-electron chi connectivity index (χ2n) is 9.18. The number of likely N-dealkylation sites (N-methyl/N-ethyl adjacent to an activating group) is 1. The van der Waals surface area contributed by atoms with Crippen LogP contribution in [0.25, 0.3) is 0 Å². The molecule has 3 atom stereocenters. The summed E-state index contributed by atoms with van der Waals surface area (Å²) in [5, 5.41) is 10.3. The zero-order valence-corrected chi connectivity index (χ0v) is 17.1. The third kappa shape index (κ3) is 3.71. The summed E-state index contributed by atoms with van der Waals surface area (Å²) < 4.78 is 12.5. The maximum Gasteiger partial charge on any atom is 0.161 e. The summed E-state index contributed by atoms with van der Waals surface area (Å²) in [4.78, 5) is 2.44. The van der Waals surface area contributed by atoms with Crippen molar-refractivity contribution in [3.05, 3.63) is 23.8 Å². The van der Waals surface area contributed by atoms with Crippen LogP contribution < -0.4 is 9.47 Å². The van der Waals surface area contributed by atoms with Crippen LogP contribution in [0.5, 0.6) is 11.5 Å². The molecule has 4 rings (SSSR count). The average molecular weight is 374 g/mol. The molecule has 0 spiro atoms. The van der Waals surface area contributed by atoms with Crippen molar-refractivity contribution in [1.29, 1.82) is 0 Å². The molecule has 3 aliphatic rings. The van der Waals surface area contributed by atoms with Crippen molar-refractivity contribution in [3.63, 3.8) is 0 Å². The molecule has 0 aromatic heterocycles. The van der Waals surface area contributed by atoms with E-state index in [4.69, 9.17) is 9.47 Å². The normalized spacial score (nSPS) is 32.0. The number of benzene rings is 1. The van der Waals surface area contributed by atoms with Crippen molar-refractivity contribution in [3.8, 4) is 11.5 Å². The molecule has 1 heterocycles. The van der Waals surface area contributed by atoms with Gasteiger partial charge < -0.3 is 19.5 Å². The van der Waals surface area contributed by atoms with Crippen molar-refractivity contribution in [2.45, 2.75) is 95.0 Å². The number of aliphatic hydroxyl groups excluding tert-OH is 1. The lowest BCUT2D eigenvalue weighted by molar-refractivity contribution is 0.0565. The first kappa shape index (κ1) is 19.1. The largest absolute Gasteiger partial charge is 0.487 e. The van der Waals surface area contributed by atoms with Crippen molar-refractivity contribution in [1.82, 2.24) is 4.90 Å². The van der Waals surface area contributed by atoms with Gasteiger partial charge in [-0.15, -0.1) is 0 Å². The Labute approximate surface area is 163 Å². The Morgan fingerprint density at radius 2 is 1.89 bits per heavy atom. The highest BCUT2D eigenvalue weighted by molar-refractivity contribution is 5.47. The Morgan fingerprint density at radius 3 is 2.63 bits per heavy atom. The number of ether oxygens (including phenoxy) is 2. The molecule has 0 bridgehead atoms. The Bertz CT molecular complexity index is 655. The first-order chi connectivity index (χ1) is 13.0. The minimum atomic E-state index is -0.165. The lowest BCUT2D eigenvalue weighted by Crippen LogP contribution is -2.47. The first-order valence-electron chi connectivity index (χ1n) is 10.8. The highest BCUT2D eigenvalue weighted by Crippen LogP contribution is 2.50. The van der Waals surface area contributed by atoms with Gasteiger partial charge in [-0.05, 0) is 96.5 Å². The molecule has 1 saturated heterocycles. The van der Waals surface area contributed by atoms with E-state index in [1.807, 2.05) is 0 Å². The lowest BCUT2D eigenvalue weighted by atomic mass is 9.65. The van der Waals surface area contributed by atoms with E-state index in [0.717, 1.165) is 56.6 Å². The Hall–Kier alpha value is -1.26. The molecule has 1 aromatic rings. The van der Waals surface area contributed by atoms with Gasteiger partial charge in [0.05, 0.1) is 18.3 Å². The van der Waals surface area contributed by atoms with Gasteiger partial charge in [0.1, 0.15) is 0 Å². The fraction of sp³-hybridized carbons (Fsp3) is 0.739. The van der Waals surface area contributed by atoms with Crippen molar-refractivity contribution in [2.75, 3.05) is 13.6 Å². The zero-order chi connectivity index (χ0) is 19.0. The van der Waals surface area contributed by atoms with Crippen LogP contribution in [-0.4, -0.2) is 48.0 Å². The van der Waals surface area contributed by atoms with Crippen LogP contribution in [0.2, 0.25) is 0 Å². The second kappa shape index (κ2) is 7.63. The van der Waals surface area contributed by atoms with E-state index in [0.29, 0.717) is 12.1 Å². The number of hydrogen-bond donors (Lipinski definition) is 1. The molecule has 0 radical (unpaired) electrons. The first-order valence-corrected chi connectivity index (χ1v) is 10.8. The number of nitrogens with zero attached hydrogens (tertiary/aromatic N) is 1. The molecular weight excluding hydrogens is 338 g/mol. The molecule has 3 fully saturated rings. The standard InChI is InChI=1S/C23H35NO3/c1-16(2)26-20-9-8-17(14-21(20)27-19-6-4-5-7-19)23-11-10-18(25)15-22(23)24(3)13-12-23/h8-9,14,16,18-19,22,25H,4-7,10-13,15H2,1-3H3/t18-,22+,23+/m1/s1. The number of aliphatic hydroxyl groups is 1. The third-order valence-electron chi connectivity index (χ3n) is 6.98. The predicted octanol–water partition coefficient (Wildman–Crippen LogP) is 4.28. The maximum atomic E-state index is 10.3. The molecule has 2 saturated carbocycles. The Balaban J connectivity index is 1.67. The van der Waals surface area contributed by atoms with Gasteiger partial charge in [0.25, 0.3) is 0 Å². The summed E-state index contributed by atoms with van der Waals surface area (Å²) in [7, 11) is 2.20. The molecule has 1 N–H and O–H groups in total. The van der Waals surface area contributed by atoms with Crippen molar-refractivity contribution >= 4 is 0 Å². The lowest BCUT2D eigenvalue weighted by Gasteiger charge is -2.43. The zero-order valence-electron chi connectivity index (χ0n) is 17.1. The van der Waals surface area contributed by atoms with E-state index in [2.05, 4.69) is 44.0 Å². The summed E-state index contributed by atoms with van der Waals surface area (Å²) in [5.41, 5.74) is 1.51. The number of hydrogen-bond acceptors (Lipinski definition) is 4.